The molecule has 3 heterocycles. The van der Waals surface area contributed by atoms with Gasteiger partial charge in [-0.2, -0.15) is 18.2 Å². The van der Waals surface area contributed by atoms with Crippen molar-refractivity contribution in [3.05, 3.63) is 77.0 Å². The maximum Gasteiger partial charge on any atom is 0.421 e. The van der Waals surface area contributed by atoms with E-state index in [4.69, 9.17) is 4.74 Å². The van der Waals surface area contributed by atoms with Crippen LogP contribution in [0.3, 0.4) is 0 Å². The summed E-state index contributed by atoms with van der Waals surface area (Å²) in [5, 5.41) is 3.01. The smallest absolute Gasteiger partial charge is 0.378 e. The number of fused-ring (bicyclic) bond motifs is 1. The highest BCUT2D eigenvalue weighted by molar-refractivity contribution is 5.98. The number of anilines is 3. The largest absolute Gasteiger partial charge is 0.421 e. The van der Waals surface area contributed by atoms with Gasteiger partial charge in [0.05, 0.1) is 12.1 Å². The SMILES string of the molecule is CO[C@@H]1CN(c2nc(Nc3ccc4c(c3)CN(C)C4=O)ncc2C(F)(F)F)C[C@H]1N(C)Cc1ccccc1. The van der Waals surface area contributed by atoms with Crippen molar-refractivity contribution in [2.24, 2.45) is 0 Å². The minimum atomic E-state index is -4.62. The Morgan fingerprint density at radius 1 is 1.16 bits per heavy atom. The summed E-state index contributed by atoms with van der Waals surface area (Å²) < 4.78 is 47.7. The van der Waals surface area contributed by atoms with E-state index < -0.39 is 11.7 Å². The fourth-order valence-electron chi connectivity index (χ4n) is 5.12. The van der Waals surface area contributed by atoms with Gasteiger partial charge in [-0.05, 0) is 36.4 Å². The van der Waals surface area contributed by atoms with Crippen LogP contribution in [-0.2, 0) is 24.0 Å². The Balaban J connectivity index is 1.40. The number of hydrogen-bond acceptors (Lipinski definition) is 7. The van der Waals surface area contributed by atoms with Gasteiger partial charge in [-0.3, -0.25) is 9.69 Å². The predicted molar refractivity (Wildman–Crippen MR) is 137 cm³/mol. The Hall–Kier alpha value is -3.70. The zero-order chi connectivity index (χ0) is 27.0. The summed E-state index contributed by atoms with van der Waals surface area (Å²) in [6.07, 6.45) is -4.11. The average molecular weight is 527 g/mol. The first-order valence-electron chi connectivity index (χ1n) is 12.3. The van der Waals surface area contributed by atoms with Crippen molar-refractivity contribution < 1.29 is 22.7 Å². The Kier molecular flexibility index (Phi) is 6.97. The number of methoxy groups -OCH3 is 1. The van der Waals surface area contributed by atoms with Crippen LogP contribution in [0.1, 0.15) is 27.0 Å². The second-order valence-electron chi connectivity index (χ2n) is 9.73. The van der Waals surface area contributed by atoms with Crippen LogP contribution in [0.5, 0.6) is 0 Å². The molecule has 1 fully saturated rings. The molecule has 0 saturated carbocycles. The molecule has 0 radical (unpaired) electrons. The third kappa shape index (κ3) is 5.16. The average Bonchev–Trinajstić information content (AvgIpc) is 3.44. The van der Waals surface area contributed by atoms with Gasteiger partial charge in [0.25, 0.3) is 5.91 Å². The van der Waals surface area contributed by atoms with Crippen molar-refractivity contribution in [2.75, 3.05) is 44.5 Å². The number of nitrogens with one attached hydrogen (secondary N) is 1. The molecule has 0 aliphatic carbocycles. The number of benzene rings is 2. The summed E-state index contributed by atoms with van der Waals surface area (Å²) >= 11 is 0. The zero-order valence-corrected chi connectivity index (χ0v) is 21.4. The number of hydrogen-bond donors (Lipinski definition) is 1. The van der Waals surface area contributed by atoms with Crippen molar-refractivity contribution in [3.63, 3.8) is 0 Å². The molecule has 0 bridgehead atoms. The molecule has 2 aliphatic rings. The standard InChI is InChI=1S/C27H29F3N6O2/c1-34(13-17-7-5-4-6-8-17)22-15-36(16-23(22)38-3)24-21(27(28,29)30)12-31-26(33-24)32-19-9-10-20-18(11-19)14-35(2)25(20)37/h4-12,22-23H,13-16H2,1-3H3,(H,31,32,33)/t22-,23-/m1/s1. The highest BCUT2D eigenvalue weighted by Crippen LogP contribution is 2.38. The molecule has 11 heteroatoms. The van der Waals surface area contributed by atoms with E-state index >= 15 is 0 Å². The molecule has 38 heavy (non-hydrogen) atoms. The molecule has 2 atom stereocenters. The van der Waals surface area contributed by atoms with Crippen LogP contribution >= 0.6 is 0 Å². The van der Waals surface area contributed by atoms with Gasteiger partial charge < -0.3 is 19.9 Å². The summed E-state index contributed by atoms with van der Waals surface area (Å²) in [5.74, 6) is -0.211. The van der Waals surface area contributed by atoms with Crippen molar-refractivity contribution in [3.8, 4) is 0 Å². The molecule has 2 aliphatic heterocycles. The number of alkyl halides is 3. The molecule has 8 nitrogen and oxygen atoms in total. The highest BCUT2D eigenvalue weighted by Gasteiger charge is 2.42. The topological polar surface area (TPSA) is 73.8 Å². The molecule has 3 aromatic rings. The van der Waals surface area contributed by atoms with Crippen molar-refractivity contribution in [1.29, 1.82) is 0 Å². The summed E-state index contributed by atoms with van der Waals surface area (Å²) in [6.45, 7) is 1.67. The first kappa shape index (κ1) is 25.9. The number of carbonyl (C=O) groups excluding carboxylic acids is 1. The van der Waals surface area contributed by atoms with E-state index in [-0.39, 0.29) is 36.4 Å². The molecule has 1 saturated heterocycles. The summed E-state index contributed by atoms with van der Waals surface area (Å²) in [6, 6.07) is 14.9. The predicted octanol–water partition coefficient (Wildman–Crippen LogP) is 4.16. The van der Waals surface area contributed by atoms with Gasteiger partial charge in [-0.25, -0.2) is 4.98 Å². The van der Waals surface area contributed by atoms with Crippen molar-refractivity contribution in [1.82, 2.24) is 19.8 Å². The Morgan fingerprint density at radius 2 is 1.92 bits per heavy atom. The molecule has 5 rings (SSSR count). The van der Waals surface area contributed by atoms with E-state index in [0.717, 1.165) is 17.3 Å². The first-order chi connectivity index (χ1) is 18.1. The number of nitrogens with zero attached hydrogens (tertiary/aromatic N) is 5. The second kappa shape index (κ2) is 10.2. The van der Waals surface area contributed by atoms with E-state index in [0.29, 0.717) is 30.9 Å². The van der Waals surface area contributed by atoms with Crippen LogP contribution < -0.4 is 10.2 Å². The Bertz CT molecular complexity index is 1320. The summed E-state index contributed by atoms with van der Waals surface area (Å²) in [7, 11) is 5.24. The number of aromatic nitrogens is 2. The first-order valence-corrected chi connectivity index (χ1v) is 12.3. The number of ether oxygens (including phenoxy) is 1. The van der Waals surface area contributed by atoms with Crippen LogP contribution in [0.4, 0.5) is 30.6 Å². The lowest BCUT2D eigenvalue weighted by molar-refractivity contribution is -0.137. The molecule has 0 unspecified atom stereocenters. The van der Waals surface area contributed by atoms with Crippen molar-refractivity contribution in [2.45, 2.75) is 31.4 Å². The van der Waals surface area contributed by atoms with Crippen LogP contribution in [-0.4, -0.2) is 72.1 Å². The van der Waals surface area contributed by atoms with Gasteiger partial charge in [0, 0.05) is 57.8 Å². The third-order valence-corrected chi connectivity index (χ3v) is 7.10. The number of likely N-dealkylation sites (N-methyl/N-ethyl adjacent to an activating group) is 1. The molecular weight excluding hydrogens is 497 g/mol. The quantitative estimate of drug-likeness (QED) is 0.496. The third-order valence-electron chi connectivity index (χ3n) is 7.10. The van der Waals surface area contributed by atoms with Crippen molar-refractivity contribution >= 4 is 23.4 Å². The Labute approximate surface area is 219 Å². The van der Waals surface area contributed by atoms with E-state index in [1.54, 1.807) is 42.2 Å². The van der Waals surface area contributed by atoms with Crippen LogP contribution in [0, 0.1) is 0 Å². The normalized spacial score (nSPS) is 19.4. The van der Waals surface area contributed by atoms with Gasteiger partial charge in [-0.15, -0.1) is 0 Å². The van der Waals surface area contributed by atoms with Crippen LogP contribution in [0.15, 0.2) is 54.7 Å². The lowest BCUT2D eigenvalue weighted by Gasteiger charge is -2.28. The molecule has 1 amide bonds. The molecule has 2 aromatic carbocycles. The van der Waals surface area contributed by atoms with E-state index in [1.165, 1.54) is 0 Å². The maximum atomic E-state index is 14.0. The van der Waals surface area contributed by atoms with Gasteiger partial charge in [0.15, 0.2) is 0 Å². The second-order valence-corrected chi connectivity index (χ2v) is 9.73. The number of carbonyl (C=O) groups is 1. The lowest BCUT2D eigenvalue weighted by Crippen LogP contribution is -2.41. The number of rotatable bonds is 7. The fourth-order valence-corrected chi connectivity index (χ4v) is 5.12. The molecule has 0 spiro atoms. The lowest BCUT2D eigenvalue weighted by atomic mass is 10.1. The monoisotopic (exact) mass is 526 g/mol. The number of amides is 1. The molecule has 200 valence electrons. The number of halogens is 3. The zero-order valence-electron chi connectivity index (χ0n) is 21.4. The van der Waals surface area contributed by atoms with Gasteiger partial charge >= 0.3 is 6.18 Å². The van der Waals surface area contributed by atoms with Gasteiger partial charge in [0.1, 0.15) is 11.4 Å². The molecule has 1 aromatic heterocycles. The minimum absolute atomic E-state index is 0.0423. The fraction of sp³-hybridized carbons (Fsp3) is 0.370. The molecular formula is C27H29F3N6O2. The Morgan fingerprint density at radius 3 is 2.63 bits per heavy atom. The maximum absolute atomic E-state index is 14.0. The van der Waals surface area contributed by atoms with E-state index in [2.05, 4.69) is 20.2 Å². The van der Waals surface area contributed by atoms with E-state index in [1.807, 2.05) is 37.4 Å². The van der Waals surface area contributed by atoms with Gasteiger partial charge in [0.2, 0.25) is 5.95 Å². The van der Waals surface area contributed by atoms with Gasteiger partial charge in [-0.1, -0.05) is 30.3 Å². The summed E-state index contributed by atoms with van der Waals surface area (Å²) in [5.41, 5.74) is 2.25. The molecule has 1 N–H and O–H groups in total. The minimum Gasteiger partial charge on any atom is -0.378 e. The van der Waals surface area contributed by atoms with E-state index in [9.17, 15) is 18.0 Å². The van der Waals surface area contributed by atoms with Crippen LogP contribution in [0.25, 0.3) is 0 Å². The summed E-state index contributed by atoms with van der Waals surface area (Å²) in [4.78, 5) is 25.8. The highest BCUT2D eigenvalue weighted by atomic mass is 19.4. The van der Waals surface area contributed by atoms with Crippen LogP contribution in [0.2, 0.25) is 0 Å².